The van der Waals surface area contributed by atoms with E-state index in [2.05, 4.69) is 5.32 Å². The Labute approximate surface area is 202 Å². The Morgan fingerprint density at radius 2 is 1.73 bits per heavy atom. The molecule has 2 amide bonds. The maximum absolute atomic E-state index is 12.6. The fourth-order valence-electron chi connectivity index (χ4n) is 3.47. The van der Waals surface area contributed by atoms with E-state index >= 15 is 0 Å². The molecule has 1 saturated heterocycles. The maximum Gasteiger partial charge on any atom is 0.262 e. The van der Waals surface area contributed by atoms with Gasteiger partial charge in [0.15, 0.2) is 6.61 Å². The molecule has 0 bridgehead atoms. The van der Waals surface area contributed by atoms with E-state index in [0.29, 0.717) is 22.2 Å². The fraction of sp³-hybridized carbons (Fsp3) is 0.200. The minimum absolute atomic E-state index is 0.0827. The van der Waals surface area contributed by atoms with Crippen LogP contribution in [-0.4, -0.2) is 38.3 Å². The third-order valence-electron chi connectivity index (χ3n) is 5.18. The highest BCUT2D eigenvalue weighted by atomic mass is 35.5. The molecular weight excluding hydrogens is 458 g/mol. The van der Waals surface area contributed by atoms with Crippen molar-refractivity contribution in [3.63, 3.8) is 0 Å². The lowest BCUT2D eigenvalue weighted by molar-refractivity contribution is -0.118. The topological polar surface area (TPSA) is 61.9 Å². The third-order valence-corrected chi connectivity index (χ3v) is 6.64. The van der Waals surface area contributed by atoms with E-state index in [9.17, 15) is 9.59 Å². The van der Waals surface area contributed by atoms with E-state index in [4.69, 9.17) is 16.3 Å². The summed E-state index contributed by atoms with van der Waals surface area (Å²) in [5, 5.41) is 3.33. The number of anilines is 3. The van der Waals surface area contributed by atoms with Gasteiger partial charge < -0.3 is 15.0 Å². The molecule has 0 unspecified atom stereocenters. The molecule has 3 aromatic rings. The van der Waals surface area contributed by atoms with Gasteiger partial charge in [-0.15, -0.1) is 11.8 Å². The van der Waals surface area contributed by atoms with Crippen molar-refractivity contribution in [3.05, 3.63) is 83.4 Å². The lowest BCUT2D eigenvalue weighted by Crippen LogP contribution is -2.27. The quantitative estimate of drug-likeness (QED) is 0.502. The summed E-state index contributed by atoms with van der Waals surface area (Å²) in [6, 6.07) is 22.4. The van der Waals surface area contributed by atoms with E-state index in [-0.39, 0.29) is 23.8 Å². The van der Waals surface area contributed by atoms with Gasteiger partial charge in [-0.1, -0.05) is 23.7 Å². The SMILES string of the molecule is CN(C)c1ccc(N2C(=O)CS[C@@H]2c2ccc(NC(=O)COc3ccc(Cl)cc3)cc2)cc1. The van der Waals surface area contributed by atoms with Crippen molar-refractivity contribution in [2.45, 2.75) is 5.37 Å². The summed E-state index contributed by atoms with van der Waals surface area (Å²) in [6.07, 6.45) is 0. The molecule has 1 N–H and O–H groups in total. The summed E-state index contributed by atoms with van der Waals surface area (Å²) in [4.78, 5) is 28.7. The van der Waals surface area contributed by atoms with Crippen molar-refractivity contribution >= 4 is 52.2 Å². The number of hydrogen-bond donors (Lipinski definition) is 1. The van der Waals surface area contributed by atoms with Gasteiger partial charge in [-0.2, -0.15) is 0 Å². The molecule has 3 aromatic carbocycles. The van der Waals surface area contributed by atoms with Crippen LogP contribution in [0.4, 0.5) is 17.1 Å². The molecule has 1 heterocycles. The minimum Gasteiger partial charge on any atom is -0.484 e. The van der Waals surface area contributed by atoms with Crippen molar-refractivity contribution < 1.29 is 14.3 Å². The van der Waals surface area contributed by atoms with Crippen LogP contribution in [0.15, 0.2) is 72.8 Å². The smallest absolute Gasteiger partial charge is 0.262 e. The van der Waals surface area contributed by atoms with E-state index in [1.165, 1.54) is 0 Å². The Balaban J connectivity index is 1.39. The predicted molar refractivity (Wildman–Crippen MR) is 135 cm³/mol. The summed E-state index contributed by atoms with van der Waals surface area (Å²) in [6.45, 7) is -0.104. The first-order valence-electron chi connectivity index (χ1n) is 10.4. The van der Waals surface area contributed by atoms with Crippen molar-refractivity contribution in [2.75, 3.05) is 41.6 Å². The number of halogens is 1. The lowest BCUT2D eigenvalue weighted by atomic mass is 10.1. The number of benzene rings is 3. The van der Waals surface area contributed by atoms with Gasteiger partial charge in [-0.25, -0.2) is 0 Å². The number of carbonyl (C=O) groups is 2. The van der Waals surface area contributed by atoms with Gasteiger partial charge in [-0.05, 0) is 66.2 Å². The molecule has 6 nitrogen and oxygen atoms in total. The summed E-state index contributed by atoms with van der Waals surface area (Å²) in [5.41, 5.74) is 3.62. The Hall–Kier alpha value is -3.16. The molecule has 170 valence electrons. The van der Waals surface area contributed by atoms with Gasteiger partial charge in [0.2, 0.25) is 5.91 Å². The van der Waals surface area contributed by atoms with Crippen LogP contribution < -0.4 is 19.9 Å². The Morgan fingerprint density at radius 1 is 1.06 bits per heavy atom. The highest BCUT2D eigenvalue weighted by Crippen LogP contribution is 2.42. The second-order valence-electron chi connectivity index (χ2n) is 7.75. The van der Waals surface area contributed by atoms with E-state index in [1.807, 2.05) is 72.4 Å². The summed E-state index contributed by atoms with van der Waals surface area (Å²) >= 11 is 7.44. The Kier molecular flexibility index (Phi) is 7.11. The van der Waals surface area contributed by atoms with Gasteiger partial charge in [0.1, 0.15) is 11.1 Å². The molecule has 8 heteroatoms. The highest BCUT2D eigenvalue weighted by molar-refractivity contribution is 8.00. The van der Waals surface area contributed by atoms with Crippen molar-refractivity contribution in [2.24, 2.45) is 0 Å². The first-order valence-corrected chi connectivity index (χ1v) is 11.8. The van der Waals surface area contributed by atoms with E-state index in [0.717, 1.165) is 16.9 Å². The standard InChI is InChI=1S/C25H24ClN3O3S/c1-28(2)20-9-11-21(12-10-20)29-24(31)16-33-25(29)17-3-7-19(8-4-17)27-23(30)15-32-22-13-5-18(26)6-14-22/h3-14,25H,15-16H2,1-2H3,(H,27,30)/t25-/m1/s1. The number of nitrogens with one attached hydrogen (secondary N) is 1. The van der Waals surface area contributed by atoms with Crippen LogP contribution in [0.5, 0.6) is 5.75 Å². The number of hydrogen-bond acceptors (Lipinski definition) is 5. The van der Waals surface area contributed by atoms with Crippen LogP contribution in [0.25, 0.3) is 0 Å². The van der Waals surface area contributed by atoms with Gasteiger partial charge in [0, 0.05) is 36.2 Å². The Bertz CT molecular complexity index is 1120. The van der Waals surface area contributed by atoms with Gasteiger partial charge in [0.25, 0.3) is 5.91 Å². The normalized spacial score (nSPS) is 15.4. The molecule has 0 radical (unpaired) electrons. The second kappa shape index (κ2) is 10.2. The average Bonchev–Trinajstić information content (AvgIpc) is 3.20. The number of amides is 2. The molecule has 33 heavy (non-hydrogen) atoms. The third kappa shape index (κ3) is 5.61. The number of ether oxygens (including phenoxy) is 1. The lowest BCUT2D eigenvalue weighted by Gasteiger charge is -2.25. The monoisotopic (exact) mass is 481 g/mol. The molecule has 0 spiro atoms. The van der Waals surface area contributed by atoms with Crippen LogP contribution in [-0.2, 0) is 9.59 Å². The molecule has 1 aliphatic heterocycles. The summed E-state index contributed by atoms with van der Waals surface area (Å²) in [5.74, 6) is 0.831. The van der Waals surface area contributed by atoms with Crippen molar-refractivity contribution in [1.29, 1.82) is 0 Å². The molecule has 0 saturated carbocycles. The van der Waals surface area contributed by atoms with Crippen molar-refractivity contribution in [1.82, 2.24) is 0 Å². The van der Waals surface area contributed by atoms with Crippen LogP contribution >= 0.6 is 23.4 Å². The number of thioether (sulfide) groups is 1. The fourth-order valence-corrected chi connectivity index (χ4v) is 4.77. The second-order valence-corrected chi connectivity index (χ2v) is 9.26. The minimum atomic E-state index is -0.259. The van der Waals surface area contributed by atoms with Crippen LogP contribution in [0.1, 0.15) is 10.9 Å². The van der Waals surface area contributed by atoms with Crippen LogP contribution in [0, 0.1) is 0 Å². The number of carbonyl (C=O) groups excluding carboxylic acids is 2. The largest absolute Gasteiger partial charge is 0.484 e. The van der Waals surface area contributed by atoms with Gasteiger partial charge >= 0.3 is 0 Å². The molecule has 1 atom stereocenters. The number of rotatable bonds is 7. The molecule has 0 aromatic heterocycles. The molecule has 4 rings (SSSR count). The van der Waals surface area contributed by atoms with Crippen LogP contribution in [0.3, 0.4) is 0 Å². The average molecular weight is 482 g/mol. The van der Waals surface area contributed by atoms with E-state index < -0.39 is 0 Å². The maximum atomic E-state index is 12.6. The molecule has 1 fully saturated rings. The van der Waals surface area contributed by atoms with Crippen LogP contribution in [0.2, 0.25) is 5.02 Å². The first kappa shape index (κ1) is 23.0. The summed E-state index contributed by atoms with van der Waals surface area (Å²) in [7, 11) is 3.97. The Morgan fingerprint density at radius 3 is 2.36 bits per heavy atom. The zero-order valence-electron chi connectivity index (χ0n) is 18.3. The molecule has 0 aliphatic carbocycles. The highest BCUT2D eigenvalue weighted by Gasteiger charge is 2.34. The molecular formula is C25H24ClN3O3S. The molecule has 1 aliphatic rings. The summed E-state index contributed by atoms with van der Waals surface area (Å²) < 4.78 is 5.48. The predicted octanol–water partition coefficient (Wildman–Crippen LogP) is 5.20. The zero-order chi connectivity index (χ0) is 23.4. The van der Waals surface area contributed by atoms with E-state index in [1.54, 1.807) is 36.0 Å². The van der Waals surface area contributed by atoms with Gasteiger partial charge in [0.05, 0.1) is 5.75 Å². The zero-order valence-corrected chi connectivity index (χ0v) is 19.9. The van der Waals surface area contributed by atoms with Gasteiger partial charge in [-0.3, -0.25) is 14.5 Å². The van der Waals surface area contributed by atoms with Crippen molar-refractivity contribution in [3.8, 4) is 5.75 Å². The first-order chi connectivity index (χ1) is 15.9. The number of nitrogens with zero attached hydrogens (tertiary/aromatic N) is 2.